The third kappa shape index (κ3) is 3.03. The van der Waals surface area contributed by atoms with Crippen molar-refractivity contribution in [3.05, 3.63) is 65.5 Å². The Morgan fingerprint density at radius 1 is 1.03 bits per heavy atom. The van der Waals surface area contributed by atoms with E-state index in [1.807, 2.05) is 33.8 Å². The van der Waals surface area contributed by atoms with Crippen molar-refractivity contribution in [3.63, 3.8) is 0 Å². The van der Waals surface area contributed by atoms with E-state index in [4.69, 9.17) is 15.0 Å². The first-order valence-corrected chi connectivity index (χ1v) is 9.27. The Morgan fingerprint density at radius 2 is 1.62 bits per heavy atom. The van der Waals surface area contributed by atoms with Crippen LogP contribution >= 0.6 is 0 Å². The van der Waals surface area contributed by atoms with Crippen LogP contribution in [0.4, 0.5) is 14.5 Å². The van der Waals surface area contributed by atoms with Gasteiger partial charge in [0.1, 0.15) is 17.3 Å². The average Bonchev–Trinajstić information content (AvgIpc) is 3.16. The van der Waals surface area contributed by atoms with E-state index in [-0.39, 0.29) is 11.3 Å². The van der Waals surface area contributed by atoms with Crippen LogP contribution in [0.5, 0.6) is 0 Å². The lowest BCUT2D eigenvalue weighted by atomic mass is 9.79. The summed E-state index contributed by atoms with van der Waals surface area (Å²) in [6, 6.07) is 8.90. The molecule has 0 unspecified atom stereocenters. The summed E-state index contributed by atoms with van der Waals surface area (Å²) in [6.45, 7) is 7.85. The standard InChI is InChI=1S/C21H21BF2N2O3/c1-20(2)21(3,4)29-22(28-20)13-6-5-9-26-16(13)7-8-17(26)19(27)12-10-14(23)18(25)15(24)11-12/h5-11H,25H2,1-4H3. The van der Waals surface area contributed by atoms with Gasteiger partial charge in [0.25, 0.3) is 0 Å². The highest BCUT2D eigenvalue weighted by Crippen LogP contribution is 2.36. The van der Waals surface area contributed by atoms with Crippen LogP contribution in [-0.4, -0.2) is 28.5 Å². The predicted molar refractivity (Wildman–Crippen MR) is 107 cm³/mol. The van der Waals surface area contributed by atoms with Crippen LogP contribution < -0.4 is 11.2 Å². The number of fused-ring (bicyclic) bond motifs is 1. The van der Waals surface area contributed by atoms with E-state index in [9.17, 15) is 13.6 Å². The highest BCUT2D eigenvalue weighted by atomic mass is 19.1. The van der Waals surface area contributed by atoms with Crippen molar-refractivity contribution in [1.29, 1.82) is 0 Å². The molecular weight excluding hydrogens is 377 g/mol. The van der Waals surface area contributed by atoms with Gasteiger partial charge in [-0.1, -0.05) is 6.07 Å². The first kappa shape index (κ1) is 19.6. The zero-order chi connectivity index (χ0) is 21.1. The monoisotopic (exact) mass is 398 g/mol. The first-order chi connectivity index (χ1) is 13.5. The van der Waals surface area contributed by atoms with Crippen molar-refractivity contribution in [1.82, 2.24) is 4.40 Å². The van der Waals surface area contributed by atoms with E-state index in [1.165, 1.54) is 0 Å². The number of hydrogen-bond acceptors (Lipinski definition) is 4. The molecule has 5 nitrogen and oxygen atoms in total. The van der Waals surface area contributed by atoms with Gasteiger partial charge in [-0.25, -0.2) is 8.78 Å². The fourth-order valence-electron chi connectivity index (χ4n) is 3.38. The van der Waals surface area contributed by atoms with E-state index in [1.54, 1.807) is 28.8 Å². The maximum atomic E-state index is 13.8. The number of nitrogens with two attached hydrogens (primary N) is 1. The topological polar surface area (TPSA) is 66.0 Å². The molecule has 2 aromatic heterocycles. The minimum Gasteiger partial charge on any atom is -0.399 e. The summed E-state index contributed by atoms with van der Waals surface area (Å²) in [4.78, 5) is 12.9. The number of nitrogen functional groups attached to an aromatic ring is 1. The molecule has 3 heterocycles. The van der Waals surface area contributed by atoms with Gasteiger partial charge in [-0.05, 0) is 58.0 Å². The van der Waals surface area contributed by atoms with Gasteiger partial charge in [-0.3, -0.25) is 4.79 Å². The molecule has 3 aromatic rings. The normalized spacial score (nSPS) is 17.8. The Hall–Kier alpha value is -2.71. The molecule has 0 radical (unpaired) electrons. The Balaban J connectivity index is 1.77. The number of aromatic nitrogens is 1. The lowest BCUT2D eigenvalue weighted by Crippen LogP contribution is -2.41. The number of hydrogen-bond donors (Lipinski definition) is 1. The molecule has 0 saturated carbocycles. The smallest absolute Gasteiger partial charge is 0.399 e. The molecule has 0 bridgehead atoms. The maximum Gasteiger partial charge on any atom is 0.496 e. The van der Waals surface area contributed by atoms with Crippen LogP contribution in [0.1, 0.15) is 43.7 Å². The minimum atomic E-state index is -0.966. The van der Waals surface area contributed by atoms with Gasteiger partial charge in [-0.2, -0.15) is 0 Å². The highest BCUT2D eigenvalue weighted by molar-refractivity contribution is 6.64. The van der Waals surface area contributed by atoms with Gasteiger partial charge in [-0.15, -0.1) is 0 Å². The summed E-state index contributed by atoms with van der Waals surface area (Å²) in [5.41, 5.74) is 5.31. The number of pyridine rings is 1. The Kier molecular flexibility index (Phi) is 4.33. The lowest BCUT2D eigenvalue weighted by Gasteiger charge is -2.32. The number of benzene rings is 1. The summed E-state index contributed by atoms with van der Waals surface area (Å²) in [5, 5.41) is 0. The van der Waals surface area contributed by atoms with E-state index < -0.39 is 41.4 Å². The minimum absolute atomic E-state index is 0.116. The van der Waals surface area contributed by atoms with Crippen molar-refractivity contribution in [2.24, 2.45) is 0 Å². The second-order valence-corrected chi connectivity index (χ2v) is 8.21. The van der Waals surface area contributed by atoms with E-state index in [0.29, 0.717) is 5.52 Å². The van der Waals surface area contributed by atoms with Crippen molar-refractivity contribution in [3.8, 4) is 0 Å². The zero-order valence-electron chi connectivity index (χ0n) is 16.6. The number of nitrogens with zero attached hydrogens (tertiary/aromatic N) is 1. The van der Waals surface area contributed by atoms with Crippen molar-refractivity contribution in [2.75, 3.05) is 5.73 Å². The SMILES string of the molecule is CC1(C)OB(c2cccn3c(C(=O)c4cc(F)c(N)c(F)c4)ccc23)OC1(C)C. The fraction of sp³-hybridized carbons (Fsp3) is 0.286. The molecular formula is C21H21BF2N2O3. The summed E-state index contributed by atoms with van der Waals surface area (Å²) in [5.74, 6) is -2.45. The molecule has 1 aliphatic heterocycles. The van der Waals surface area contributed by atoms with Gasteiger partial charge in [0, 0.05) is 22.7 Å². The third-order valence-electron chi connectivity index (χ3n) is 5.81. The van der Waals surface area contributed by atoms with Gasteiger partial charge in [0.2, 0.25) is 5.78 Å². The molecule has 1 saturated heterocycles. The highest BCUT2D eigenvalue weighted by Gasteiger charge is 2.52. The number of anilines is 1. The first-order valence-electron chi connectivity index (χ1n) is 9.27. The molecule has 1 aliphatic rings. The lowest BCUT2D eigenvalue weighted by molar-refractivity contribution is 0.00578. The molecule has 4 rings (SSSR count). The molecule has 2 N–H and O–H groups in total. The van der Waals surface area contributed by atoms with E-state index in [0.717, 1.165) is 17.6 Å². The van der Waals surface area contributed by atoms with Gasteiger partial charge in [0.05, 0.1) is 16.9 Å². The molecule has 0 spiro atoms. The zero-order valence-corrected chi connectivity index (χ0v) is 16.6. The second kappa shape index (κ2) is 6.40. The van der Waals surface area contributed by atoms with Crippen LogP contribution in [0.25, 0.3) is 5.52 Å². The molecule has 1 fully saturated rings. The molecule has 0 amide bonds. The number of halogens is 2. The Labute approximate surface area is 167 Å². The van der Waals surface area contributed by atoms with E-state index >= 15 is 0 Å². The van der Waals surface area contributed by atoms with Crippen LogP contribution in [0.2, 0.25) is 0 Å². The fourth-order valence-corrected chi connectivity index (χ4v) is 3.38. The molecule has 1 aromatic carbocycles. The van der Waals surface area contributed by atoms with Gasteiger partial charge < -0.3 is 19.4 Å². The number of carbonyl (C=O) groups excluding carboxylic acids is 1. The largest absolute Gasteiger partial charge is 0.496 e. The summed E-state index contributed by atoms with van der Waals surface area (Å²) < 4.78 is 41.5. The average molecular weight is 398 g/mol. The van der Waals surface area contributed by atoms with E-state index in [2.05, 4.69) is 0 Å². The van der Waals surface area contributed by atoms with Crippen LogP contribution in [-0.2, 0) is 9.31 Å². The molecule has 0 atom stereocenters. The van der Waals surface area contributed by atoms with Crippen molar-refractivity contribution >= 4 is 29.6 Å². The summed E-state index contributed by atoms with van der Waals surface area (Å²) in [6.07, 6.45) is 1.71. The van der Waals surface area contributed by atoms with Crippen LogP contribution in [0.3, 0.4) is 0 Å². The van der Waals surface area contributed by atoms with Crippen molar-refractivity contribution < 1.29 is 22.9 Å². The van der Waals surface area contributed by atoms with Gasteiger partial charge >= 0.3 is 7.12 Å². The van der Waals surface area contributed by atoms with Crippen LogP contribution in [0, 0.1) is 11.6 Å². The maximum absolute atomic E-state index is 13.8. The Bertz CT molecular complexity index is 1100. The third-order valence-corrected chi connectivity index (χ3v) is 5.81. The van der Waals surface area contributed by atoms with Crippen LogP contribution in [0.15, 0.2) is 42.6 Å². The molecule has 150 valence electrons. The Morgan fingerprint density at radius 3 is 2.21 bits per heavy atom. The molecule has 0 aliphatic carbocycles. The number of rotatable bonds is 3. The summed E-state index contributed by atoms with van der Waals surface area (Å²) in [7, 11) is -0.604. The van der Waals surface area contributed by atoms with Gasteiger partial charge in [0.15, 0.2) is 0 Å². The number of carbonyl (C=O) groups is 1. The predicted octanol–water partition coefficient (Wildman–Crippen LogP) is 3.33. The quantitative estimate of drug-likeness (QED) is 0.418. The summed E-state index contributed by atoms with van der Waals surface area (Å²) >= 11 is 0. The van der Waals surface area contributed by atoms with Crippen molar-refractivity contribution in [2.45, 2.75) is 38.9 Å². The second-order valence-electron chi connectivity index (χ2n) is 8.21. The molecule has 29 heavy (non-hydrogen) atoms. The molecule has 8 heteroatoms. The number of ketones is 1.